The molecule has 0 radical (unpaired) electrons. The molecule has 13 nitrogen and oxygen atoms in total. The lowest BCUT2D eigenvalue weighted by Crippen LogP contribution is -2.49. The summed E-state index contributed by atoms with van der Waals surface area (Å²) in [5.74, 6) is -0.593. The van der Waals surface area contributed by atoms with E-state index in [9.17, 15) is 19.3 Å². The average Bonchev–Trinajstić information content (AvgIpc) is 2.97. The molecule has 14 heteroatoms. The smallest absolute Gasteiger partial charge is 0.344 e. The molecule has 0 amide bonds. The zero-order valence-corrected chi connectivity index (χ0v) is 30.6. The standard InChI is InChI=1S/C32H66N5O8P/c1-7-10-21-42-30(39)26-35-15-13-34(25-29(38)24-33)14-16-36(27-31(40)45-32(4,5)6)18-20-37(19-17-35)28-46(41,43-22-11-8-2)44-23-12-9-3/h29,38H,7-28,33H2,1-6H3. The molecule has 272 valence electrons. The van der Waals surface area contributed by atoms with Crippen LogP contribution in [0, 0.1) is 0 Å². The van der Waals surface area contributed by atoms with Crippen LogP contribution in [0.3, 0.4) is 0 Å². The van der Waals surface area contributed by atoms with Gasteiger partial charge in [-0.1, -0.05) is 40.0 Å². The topological polar surface area (TPSA) is 147 Å². The quantitative estimate of drug-likeness (QED) is 0.111. The Bertz CT molecular complexity index is 864. The Kier molecular flexibility index (Phi) is 22.4. The van der Waals surface area contributed by atoms with Crippen LogP contribution in [0.1, 0.15) is 80.1 Å². The first-order chi connectivity index (χ1) is 21.8. The van der Waals surface area contributed by atoms with Gasteiger partial charge in [0.1, 0.15) is 11.9 Å². The predicted octanol–water partition coefficient (Wildman–Crippen LogP) is 3.00. The third kappa shape index (κ3) is 21.0. The van der Waals surface area contributed by atoms with E-state index in [1.807, 2.05) is 37.5 Å². The summed E-state index contributed by atoms with van der Waals surface area (Å²) >= 11 is 0. The molecule has 0 aromatic heterocycles. The molecule has 1 saturated heterocycles. The van der Waals surface area contributed by atoms with Crippen molar-refractivity contribution in [3.63, 3.8) is 0 Å². The van der Waals surface area contributed by atoms with E-state index in [1.54, 1.807) is 0 Å². The molecule has 1 fully saturated rings. The SMILES string of the molecule is CCCCOC(=O)CN1CCN(CC(O)CN)CCN(CC(=O)OC(C)(C)C)CCN(CP(=O)(OCCCC)OCCCC)CC1. The summed E-state index contributed by atoms with van der Waals surface area (Å²) in [6.45, 7) is 17.9. The molecule has 0 aliphatic carbocycles. The van der Waals surface area contributed by atoms with Crippen molar-refractivity contribution in [1.29, 1.82) is 0 Å². The molecule has 46 heavy (non-hydrogen) atoms. The molecule has 0 aromatic carbocycles. The number of carbonyl (C=O) groups excluding carboxylic acids is 2. The Hall–Kier alpha value is -1.15. The number of unbranched alkanes of at least 4 members (excludes halogenated alkanes) is 3. The number of hydrogen-bond donors (Lipinski definition) is 2. The summed E-state index contributed by atoms with van der Waals surface area (Å²) < 4.78 is 36.9. The van der Waals surface area contributed by atoms with Gasteiger partial charge in [0.25, 0.3) is 0 Å². The maximum atomic E-state index is 14.0. The van der Waals surface area contributed by atoms with Crippen molar-refractivity contribution in [2.75, 3.05) is 105 Å². The molecule has 1 aliphatic heterocycles. The summed E-state index contributed by atoms with van der Waals surface area (Å²) in [4.78, 5) is 33.9. The van der Waals surface area contributed by atoms with E-state index in [4.69, 9.17) is 24.3 Å². The summed E-state index contributed by atoms with van der Waals surface area (Å²) in [5.41, 5.74) is 5.13. The molecular weight excluding hydrogens is 613 g/mol. The first kappa shape index (κ1) is 42.9. The van der Waals surface area contributed by atoms with E-state index in [1.165, 1.54) is 0 Å². The third-order valence-corrected chi connectivity index (χ3v) is 9.40. The van der Waals surface area contributed by atoms with Gasteiger partial charge in [-0.2, -0.15) is 0 Å². The van der Waals surface area contributed by atoms with Crippen LogP contribution in [0.2, 0.25) is 0 Å². The second-order valence-corrected chi connectivity index (χ2v) is 15.2. The highest BCUT2D eigenvalue weighted by Crippen LogP contribution is 2.49. The van der Waals surface area contributed by atoms with E-state index in [2.05, 4.69) is 23.6 Å². The van der Waals surface area contributed by atoms with E-state index in [0.29, 0.717) is 78.7 Å². The molecule has 0 bridgehead atoms. The number of nitrogens with zero attached hydrogens (tertiary/aromatic N) is 4. The minimum Gasteiger partial charge on any atom is -0.465 e. The monoisotopic (exact) mass is 679 g/mol. The number of nitrogens with two attached hydrogens (primary N) is 1. The number of ether oxygens (including phenoxy) is 2. The Morgan fingerprint density at radius 3 is 1.63 bits per heavy atom. The Balaban J connectivity index is 3.26. The van der Waals surface area contributed by atoms with Crippen LogP contribution in [-0.4, -0.2) is 153 Å². The largest absolute Gasteiger partial charge is 0.465 e. The first-order valence-corrected chi connectivity index (χ1v) is 19.1. The number of esters is 2. The van der Waals surface area contributed by atoms with Crippen molar-refractivity contribution in [1.82, 2.24) is 19.6 Å². The zero-order chi connectivity index (χ0) is 34.4. The van der Waals surface area contributed by atoms with Crippen molar-refractivity contribution in [2.45, 2.75) is 91.8 Å². The number of rotatable bonds is 20. The van der Waals surface area contributed by atoms with Crippen LogP contribution in [0.25, 0.3) is 0 Å². The Labute approximate surface area is 278 Å². The second-order valence-electron chi connectivity index (χ2n) is 13.1. The third-order valence-electron chi connectivity index (χ3n) is 7.50. The van der Waals surface area contributed by atoms with Gasteiger partial charge in [-0.15, -0.1) is 0 Å². The molecular formula is C32H66N5O8P. The van der Waals surface area contributed by atoms with Crippen molar-refractivity contribution >= 4 is 19.5 Å². The number of carbonyl (C=O) groups is 2. The number of hydrogen-bond acceptors (Lipinski definition) is 13. The average molecular weight is 680 g/mol. The lowest BCUT2D eigenvalue weighted by atomic mass is 10.2. The van der Waals surface area contributed by atoms with Crippen LogP contribution < -0.4 is 5.73 Å². The fraction of sp³-hybridized carbons (Fsp3) is 0.938. The second kappa shape index (κ2) is 24.1. The Morgan fingerprint density at radius 2 is 1.17 bits per heavy atom. The minimum absolute atomic E-state index is 0.103. The normalized spacial score (nSPS) is 18.1. The lowest BCUT2D eigenvalue weighted by molar-refractivity contribution is -0.156. The number of aliphatic hydroxyl groups is 1. The van der Waals surface area contributed by atoms with Gasteiger partial charge >= 0.3 is 19.5 Å². The summed E-state index contributed by atoms with van der Waals surface area (Å²) in [6, 6.07) is 0. The first-order valence-electron chi connectivity index (χ1n) is 17.4. The summed E-state index contributed by atoms with van der Waals surface area (Å²) in [6.07, 6.45) is 4.59. The van der Waals surface area contributed by atoms with Gasteiger partial charge in [-0.05, 0) is 40.0 Å². The van der Waals surface area contributed by atoms with Crippen LogP contribution >= 0.6 is 7.60 Å². The van der Waals surface area contributed by atoms with Gasteiger partial charge in [0.15, 0.2) is 0 Å². The summed E-state index contributed by atoms with van der Waals surface area (Å²) in [5, 5.41) is 10.4. The van der Waals surface area contributed by atoms with Crippen molar-refractivity contribution in [3.8, 4) is 0 Å². The zero-order valence-electron chi connectivity index (χ0n) is 29.8. The van der Waals surface area contributed by atoms with Gasteiger partial charge < -0.3 is 29.4 Å². The molecule has 1 heterocycles. The minimum atomic E-state index is -3.44. The van der Waals surface area contributed by atoms with E-state index >= 15 is 0 Å². The highest BCUT2D eigenvalue weighted by Gasteiger charge is 2.30. The number of aliphatic hydroxyl groups excluding tert-OH is 1. The highest BCUT2D eigenvalue weighted by atomic mass is 31.2. The van der Waals surface area contributed by atoms with E-state index in [-0.39, 0.29) is 37.9 Å². The van der Waals surface area contributed by atoms with Gasteiger partial charge in [-0.25, -0.2) is 0 Å². The van der Waals surface area contributed by atoms with E-state index < -0.39 is 19.3 Å². The van der Waals surface area contributed by atoms with Gasteiger partial charge in [-0.3, -0.25) is 33.8 Å². The molecule has 1 atom stereocenters. The predicted molar refractivity (Wildman–Crippen MR) is 182 cm³/mol. The lowest BCUT2D eigenvalue weighted by Gasteiger charge is -2.35. The molecule has 1 aliphatic rings. The van der Waals surface area contributed by atoms with Crippen LogP contribution in [0.4, 0.5) is 0 Å². The molecule has 0 saturated carbocycles. The van der Waals surface area contributed by atoms with Crippen molar-refractivity contribution in [2.24, 2.45) is 5.73 Å². The molecule has 3 N–H and O–H groups in total. The number of β-amino-alcohol motifs (C(OH)–C–C–N with tert-alkyl or cyclic N) is 1. The molecule has 1 unspecified atom stereocenters. The van der Waals surface area contributed by atoms with E-state index in [0.717, 1.165) is 38.5 Å². The molecule has 0 aromatic rings. The fourth-order valence-electron chi connectivity index (χ4n) is 4.77. The van der Waals surface area contributed by atoms with Gasteiger partial charge in [0, 0.05) is 65.4 Å². The van der Waals surface area contributed by atoms with Crippen molar-refractivity contribution < 1.29 is 37.8 Å². The molecule has 0 spiro atoms. The maximum Gasteiger partial charge on any atom is 0.344 e. The Morgan fingerprint density at radius 1 is 0.739 bits per heavy atom. The van der Waals surface area contributed by atoms with Crippen LogP contribution in [0.5, 0.6) is 0 Å². The fourth-order valence-corrected chi connectivity index (χ4v) is 6.59. The highest BCUT2D eigenvalue weighted by molar-refractivity contribution is 7.53. The maximum absolute atomic E-state index is 14.0. The van der Waals surface area contributed by atoms with Crippen LogP contribution in [0.15, 0.2) is 0 Å². The van der Waals surface area contributed by atoms with Gasteiger partial charge in [0.2, 0.25) is 0 Å². The van der Waals surface area contributed by atoms with Crippen molar-refractivity contribution in [3.05, 3.63) is 0 Å². The summed E-state index contributed by atoms with van der Waals surface area (Å²) in [7, 11) is -3.44. The molecule has 1 rings (SSSR count). The van der Waals surface area contributed by atoms with Crippen LogP contribution in [-0.2, 0) is 32.7 Å². The van der Waals surface area contributed by atoms with Gasteiger partial charge in [0.05, 0.1) is 39.0 Å².